The molecule has 1 saturated heterocycles. The quantitative estimate of drug-likeness (QED) is 0.887. The van der Waals surface area contributed by atoms with Gasteiger partial charge in [0, 0.05) is 36.2 Å². The zero-order chi connectivity index (χ0) is 12.5. The third-order valence-corrected chi connectivity index (χ3v) is 5.41. The molecule has 1 N–H and O–H groups in total. The van der Waals surface area contributed by atoms with E-state index in [1.165, 1.54) is 42.2 Å². The van der Waals surface area contributed by atoms with Gasteiger partial charge in [0.15, 0.2) is 0 Å². The Bertz CT molecular complexity index is 399. The molecular weight excluding hydrogens is 242 g/mol. The van der Waals surface area contributed by atoms with Crippen LogP contribution in [0, 0.1) is 0 Å². The molecule has 18 heavy (non-hydrogen) atoms. The Morgan fingerprint density at radius 1 is 1.44 bits per heavy atom. The van der Waals surface area contributed by atoms with Crippen LogP contribution in [-0.2, 0) is 6.42 Å². The Hall–Kier alpha value is -0.450. The molecule has 0 bridgehead atoms. The number of likely N-dealkylation sites (tertiary alicyclic amines) is 1. The summed E-state index contributed by atoms with van der Waals surface area (Å²) >= 11 is 1.88. The van der Waals surface area contributed by atoms with Gasteiger partial charge in [0.2, 0.25) is 0 Å². The first-order valence-corrected chi connectivity index (χ1v) is 8.02. The van der Waals surface area contributed by atoms with E-state index >= 15 is 0 Å². The molecule has 1 aliphatic carbocycles. The molecule has 1 aromatic heterocycles. The predicted molar refractivity (Wildman–Crippen MR) is 76.0 cm³/mol. The van der Waals surface area contributed by atoms with Crippen molar-refractivity contribution in [3.63, 3.8) is 0 Å². The highest BCUT2D eigenvalue weighted by atomic mass is 32.1. The van der Waals surface area contributed by atoms with Crippen LogP contribution < -0.4 is 5.32 Å². The number of hydrogen-bond acceptors (Lipinski definition) is 4. The molecule has 0 aromatic carbocycles. The maximum atomic E-state index is 4.59. The lowest BCUT2D eigenvalue weighted by Crippen LogP contribution is -2.34. The Balaban J connectivity index is 1.57. The highest BCUT2D eigenvalue weighted by Gasteiger charge is 2.31. The first kappa shape index (κ1) is 12.6. The molecule has 100 valence electrons. The van der Waals surface area contributed by atoms with Gasteiger partial charge in [-0.3, -0.25) is 4.90 Å². The lowest BCUT2D eigenvalue weighted by Gasteiger charge is -2.22. The van der Waals surface area contributed by atoms with Gasteiger partial charge in [-0.05, 0) is 32.6 Å². The molecule has 4 heteroatoms. The minimum absolute atomic E-state index is 0.487. The van der Waals surface area contributed by atoms with E-state index < -0.39 is 0 Å². The molecule has 0 spiro atoms. The van der Waals surface area contributed by atoms with Gasteiger partial charge >= 0.3 is 0 Å². The van der Waals surface area contributed by atoms with Crippen LogP contribution in [0.25, 0.3) is 0 Å². The van der Waals surface area contributed by atoms with Gasteiger partial charge in [0.25, 0.3) is 0 Å². The summed E-state index contributed by atoms with van der Waals surface area (Å²) in [5, 5.41) is 5.04. The summed E-state index contributed by atoms with van der Waals surface area (Å²) in [6.07, 6.45) is 7.23. The summed E-state index contributed by atoms with van der Waals surface area (Å²) in [5.41, 5.74) is 0. The fourth-order valence-corrected chi connectivity index (χ4v) is 3.64. The van der Waals surface area contributed by atoms with Gasteiger partial charge in [-0.15, -0.1) is 11.3 Å². The maximum absolute atomic E-state index is 4.59. The second kappa shape index (κ2) is 5.27. The molecule has 2 heterocycles. The van der Waals surface area contributed by atoms with Crippen molar-refractivity contribution in [3.05, 3.63) is 16.1 Å². The number of thiazole rings is 1. The monoisotopic (exact) mass is 265 g/mol. The molecule has 1 saturated carbocycles. The van der Waals surface area contributed by atoms with E-state index in [0.29, 0.717) is 12.1 Å². The molecule has 1 aliphatic heterocycles. The van der Waals surface area contributed by atoms with Crippen molar-refractivity contribution >= 4 is 11.3 Å². The smallest absolute Gasteiger partial charge is 0.110 e. The van der Waals surface area contributed by atoms with Gasteiger partial charge in [0.05, 0.1) is 6.04 Å². The first-order chi connectivity index (χ1) is 8.76. The summed E-state index contributed by atoms with van der Waals surface area (Å²) < 4.78 is 0. The Labute approximate surface area is 114 Å². The number of rotatable bonds is 5. The zero-order valence-electron chi connectivity index (χ0n) is 11.4. The number of aryl methyl sites for hydroxylation is 1. The lowest BCUT2D eigenvalue weighted by molar-refractivity contribution is 0.255. The number of hydrogen-bond donors (Lipinski definition) is 1. The highest BCUT2D eigenvalue weighted by Crippen LogP contribution is 2.29. The molecule has 0 amide bonds. The van der Waals surface area contributed by atoms with Crippen LogP contribution in [-0.4, -0.2) is 35.1 Å². The van der Waals surface area contributed by atoms with Crippen molar-refractivity contribution in [2.75, 3.05) is 13.1 Å². The summed E-state index contributed by atoms with van der Waals surface area (Å²) in [6, 6.07) is 2.03. The van der Waals surface area contributed by atoms with Crippen molar-refractivity contribution in [2.45, 2.75) is 57.7 Å². The normalized spacial score (nSPS) is 26.7. The largest absolute Gasteiger partial charge is 0.310 e. The average molecular weight is 265 g/mol. The van der Waals surface area contributed by atoms with Crippen molar-refractivity contribution in [1.29, 1.82) is 0 Å². The van der Waals surface area contributed by atoms with Crippen LogP contribution in [0.1, 0.15) is 49.0 Å². The third-order valence-electron chi connectivity index (χ3n) is 4.09. The van der Waals surface area contributed by atoms with E-state index in [2.05, 4.69) is 29.0 Å². The van der Waals surface area contributed by atoms with E-state index in [4.69, 9.17) is 0 Å². The van der Waals surface area contributed by atoms with E-state index in [9.17, 15) is 0 Å². The predicted octanol–water partition coefficient (Wildman–Crippen LogP) is 2.59. The molecule has 2 fully saturated rings. The molecule has 3 nitrogen and oxygen atoms in total. The van der Waals surface area contributed by atoms with Crippen LogP contribution in [0.15, 0.2) is 6.20 Å². The Kier molecular flexibility index (Phi) is 3.68. The first-order valence-electron chi connectivity index (χ1n) is 7.21. The third kappa shape index (κ3) is 2.76. The summed E-state index contributed by atoms with van der Waals surface area (Å²) in [4.78, 5) is 8.57. The Morgan fingerprint density at radius 2 is 2.28 bits per heavy atom. The second-order valence-corrected chi connectivity index (χ2v) is 6.76. The number of aromatic nitrogens is 1. The van der Waals surface area contributed by atoms with E-state index in [1.54, 1.807) is 0 Å². The molecule has 2 atom stereocenters. The van der Waals surface area contributed by atoms with Crippen molar-refractivity contribution in [2.24, 2.45) is 0 Å². The van der Waals surface area contributed by atoms with Crippen LogP contribution >= 0.6 is 11.3 Å². The van der Waals surface area contributed by atoms with Crippen LogP contribution in [0.2, 0.25) is 0 Å². The summed E-state index contributed by atoms with van der Waals surface area (Å²) in [6.45, 7) is 6.91. The van der Waals surface area contributed by atoms with Crippen molar-refractivity contribution in [1.82, 2.24) is 15.2 Å². The lowest BCUT2D eigenvalue weighted by atomic mass is 10.2. The molecule has 2 unspecified atom stereocenters. The SMILES string of the molecule is CCc1cnc(C(C)N2CCC(NC3CC3)C2)s1. The summed E-state index contributed by atoms with van der Waals surface area (Å²) in [5.74, 6) is 0. The van der Waals surface area contributed by atoms with Crippen LogP contribution in [0.3, 0.4) is 0 Å². The minimum Gasteiger partial charge on any atom is -0.310 e. The summed E-state index contributed by atoms with van der Waals surface area (Å²) in [7, 11) is 0. The van der Waals surface area contributed by atoms with E-state index in [1.807, 2.05) is 17.5 Å². The van der Waals surface area contributed by atoms with Gasteiger partial charge in [-0.25, -0.2) is 4.98 Å². The number of nitrogens with zero attached hydrogens (tertiary/aromatic N) is 2. The highest BCUT2D eigenvalue weighted by molar-refractivity contribution is 7.11. The molecule has 0 radical (unpaired) electrons. The Morgan fingerprint density at radius 3 is 2.94 bits per heavy atom. The molecule has 3 rings (SSSR count). The van der Waals surface area contributed by atoms with E-state index in [-0.39, 0.29) is 0 Å². The fourth-order valence-electron chi connectivity index (χ4n) is 2.69. The molecular formula is C14H23N3S. The van der Waals surface area contributed by atoms with Crippen LogP contribution in [0.5, 0.6) is 0 Å². The maximum Gasteiger partial charge on any atom is 0.110 e. The van der Waals surface area contributed by atoms with Gasteiger partial charge in [0.1, 0.15) is 5.01 Å². The average Bonchev–Trinajstić information content (AvgIpc) is 2.91. The van der Waals surface area contributed by atoms with Gasteiger partial charge in [-0.2, -0.15) is 0 Å². The molecule has 2 aliphatic rings. The standard InChI is InChI=1S/C14H23N3S/c1-3-13-8-15-14(18-13)10(2)17-7-6-12(9-17)16-11-4-5-11/h8,10-12,16H,3-7,9H2,1-2H3. The minimum atomic E-state index is 0.487. The van der Waals surface area contributed by atoms with Crippen LogP contribution in [0.4, 0.5) is 0 Å². The van der Waals surface area contributed by atoms with Crippen molar-refractivity contribution in [3.8, 4) is 0 Å². The zero-order valence-corrected chi connectivity index (χ0v) is 12.2. The number of nitrogens with one attached hydrogen (secondary N) is 1. The second-order valence-electron chi connectivity index (χ2n) is 5.62. The van der Waals surface area contributed by atoms with Gasteiger partial charge in [-0.1, -0.05) is 6.92 Å². The fraction of sp³-hybridized carbons (Fsp3) is 0.786. The van der Waals surface area contributed by atoms with Crippen molar-refractivity contribution < 1.29 is 0 Å². The molecule has 1 aromatic rings. The topological polar surface area (TPSA) is 28.2 Å². The van der Waals surface area contributed by atoms with Gasteiger partial charge < -0.3 is 5.32 Å². The van der Waals surface area contributed by atoms with E-state index in [0.717, 1.165) is 12.5 Å².